The van der Waals surface area contributed by atoms with Crippen LogP contribution in [0.15, 0.2) is 24.5 Å². The van der Waals surface area contributed by atoms with Crippen LogP contribution in [0.3, 0.4) is 0 Å². The molecule has 8 nitrogen and oxygen atoms in total. The number of rotatable bonds is 3. The number of nitrogen functional groups attached to an aromatic ring is 1. The third kappa shape index (κ3) is 4.00. The molecule has 34 heavy (non-hydrogen) atoms. The van der Waals surface area contributed by atoms with Gasteiger partial charge in [0.1, 0.15) is 28.1 Å². The van der Waals surface area contributed by atoms with Gasteiger partial charge in [0.2, 0.25) is 5.95 Å². The van der Waals surface area contributed by atoms with Crippen LogP contribution in [0.1, 0.15) is 38.8 Å². The number of likely N-dealkylation sites (N-methyl/N-ethyl adjacent to an activating group) is 1. The Balaban J connectivity index is 1.78. The van der Waals surface area contributed by atoms with Crippen LogP contribution in [0.2, 0.25) is 0 Å². The predicted octanol–water partition coefficient (Wildman–Crippen LogP) is 3.10. The Morgan fingerprint density at radius 1 is 1.26 bits per heavy atom. The minimum Gasteiger partial charge on any atom is -0.378 e. The average molecular weight is 462 g/mol. The number of nitrogens with two attached hydrogens (primary N) is 1. The van der Waals surface area contributed by atoms with Gasteiger partial charge in [0.25, 0.3) is 0 Å². The zero-order chi connectivity index (χ0) is 24.2. The van der Waals surface area contributed by atoms with E-state index in [9.17, 15) is 5.11 Å². The number of nitrogens with zero attached hydrogens (tertiary/aromatic N) is 6. The predicted molar refractivity (Wildman–Crippen MR) is 131 cm³/mol. The maximum atomic E-state index is 15.2. The van der Waals surface area contributed by atoms with Gasteiger partial charge in [-0.2, -0.15) is 5.10 Å². The topological polar surface area (TPSA) is 98.0 Å². The van der Waals surface area contributed by atoms with E-state index in [2.05, 4.69) is 43.3 Å². The number of hydrogen-bond donors (Lipinski definition) is 2. The molecule has 3 aromatic heterocycles. The van der Waals surface area contributed by atoms with Gasteiger partial charge in [-0.25, -0.2) is 14.4 Å². The zero-order valence-corrected chi connectivity index (χ0v) is 19.8. The molecule has 1 unspecified atom stereocenters. The smallest absolute Gasteiger partial charge is 0.221 e. The summed E-state index contributed by atoms with van der Waals surface area (Å²) in [5, 5.41) is 15.4. The van der Waals surface area contributed by atoms with E-state index in [1.165, 1.54) is 6.07 Å². The van der Waals surface area contributed by atoms with E-state index in [1.54, 1.807) is 30.8 Å². The third-order valence-corrected chi connectivity index (χ3v) is 6.26. The molecule has 0 saturated carbocycles. The standard InChI is InChI=1S/C25H28FN7O/c1-5-32-9-7-16(12-32)33-13-18(22-23-20(14-31(4)30-23)28-24(27)29-22)17-10-15(6-8-25(2,3)34)19(26)11-21(17)33/h10-11,13-14,16,34H,5,7,9,12H2,1-4H3,(H2,27,28). The van der Waals surface area contributed by atoms with Gasteiger partial charge in [-0.1, -0.05) is 18.8 Å². The highest BCUT2D eigenvalue weighted by atomic mass is 19.1. The normalized spacial score (nSPS) is 16.9. The number of aliphatic hydroxyl groups is 1. The molecular weight excluding hydrogens is 433 g/mol. The van der Waals surface area contributed by atoms with Gasteiger partial charge >= 0.3 is 0 Å². The Labute approximate surface area is 197 Å². The Kier molecular flexibility index (Phi) is 5.30. The van der Waals surface area contributed by atoms with Crippen molar-refractivity contribution in [3.63, 3.8) is 0 Å². The Hall–Kier alpha value is -3.48. The molecule has 1 atom stereocenters. The van der Waals surface area contributed by atoms with E-state index in [0.717, 1.165) is 42.5 Å². The van der Waals surface area contributed by atoms with Crippen molar-refractivity contribution in [1.82, 2.24) is 29.2 Å². The first-order valence-corrected chi connectivity index (χ1v) is 11.4. The van der Waals surface area contributed by atoms with Crippen molar-refractivity contribution in [2.45, 2.75) is 38.8 Å². The maximum absolute atomic E-state index is 15.2. The van der Waals surface area contributed by atoms with Crippen molar-refractivity contribution in [2.24, 2.45) is 7.05 Å². The lowest BCUT2D eigenvalue weighted by molar-refractivity contribution is 0.143. The number of benzene rings is 1. The summed E-state index contributed by atoms with van der Waals surface area (Å²) in [6, 6.07) is 3.47. The summed E-state index contributed by atoms with van der Waals surface area (Å²) in [7, 11) is 1.82. The molecule has 3 N–H and O–H groups in total. The number of aromatic nitrogens is 5. The molecule has 4 heterocycles. The summed E-state index contributed by atoms with van der Waals surface area (Å²) in [6.45, 7) is 8.16. The van der Waals surface area contributed by atoms with Crippen LogP contribution in [-0.2, 0) is 7.05 Å². The minimum absolute atomic E-state index is 0.151. The molecule has 4 aromatic rings. The van der Waals surface area contributed by atoms with Crippen LogP contribution in [0.25, 0.3) is 33.2 Å². The molecular formula is C25H28FN7O. The van der Waals surface area contributed by atoms with Gasteiger partial charge in [-0.05, 0) is 38.9 Å². The van der Waals surface area contributed by atoms with Gasteiger partial charge in [0, 0.05) is 43.3 Å². The molecule has 176 valence electrons. The number of likely N-dealkylation sites (tertiary alicyclic amines) is 1. The molecule has 0 aliphatic carbocycles. The van der Waals surface area contributed by atoms with Crippen molar-refractivity contribution in [3.05, 3.63) is 35.9 Å². The highest BCUT2D eigenvalue weighted by molar-refractivity contribution is 6.02. The molecule has 0 amide bonds. The Morgan fingerprint density at radius 3 is 2.76 bits per heavy atom. The van der Waals surface area contributed by atoms with Crippen molar-refractivity contribution < 1.29 is 9.50 Å². The molecule has 1 aliphatic heterocycles. The summed E-state index contributed by atoms with van der Waals surface area (Å²) in [5.74, 6) is 5.24. The number of halogens is 1. The lowest BCUT2D eigenvalue weighted by Crippen LogP contribution is -2.20. The average Bonchev–Trinajstić information content (AvgIpc) is 3.46. The van der Waals surface area contributed by atoms with Crippen molar-refractivity contribution in [2.75, 3.05) is 25.4 Å². The minimum atomic E-state index is -1.23. The SMILES string of the molecule is CCN1CCC(n2cc(-c3nc(N)nc4cn(C)nc34)c3cc(C#CC(C)(C)O)c(F)cc32)C1. The molecule has 9 heteroatoms. The first-order chi connectivity index (χ1) is 16.1. The summed E-state index contributed by atoms with van der Waals surface area (Å²) in [4.78, 5) is 11.2. The zero-order valence-electron chi connectivity index (χ0n) is 19.8. The first-order valence-electron chi connectivity index (χ1n) is 11.4. The van der Waals surface area contributed by atoms with Gasteiger partial charge in [0.05, 0.1) is 17.3 Å². The molecule has 0 radical (unpaired) electrons. The van der Waals surface area contributed by atoms with Crippen molar-refractivity contribution in [1.29, 1.82) is 0 Å². The van der Waals surface area contributed by atoms with Crippen LogP contribution < -0.4 is 5.73 Å². The van der Waals surface area contributed by atoms with Crippen LogP contribution in [-0.4, -0.2) is 59.6 Å². The molecule has 5 rings (SSSR count). The van der Waals surface area contributed by atoms with Gasteiger partial charge < -0.3 is 20.3 Å². The summed E-state index contributed by atoms with van der Waals surface area (Å²) < 4.78 is 19.0. The van der Waals surface area contributed by atoms with Crippen LogP contribution in [0.4, 0.5) is 10.3 Å². The van der Waals surface area contributed by atoms with Gasteiger partial charge in [0.15, 0.2) is 0 Å². The van der Waals surface area contributed by atoms with Crippen molar-refractivity contribution in [3.8, 4) is 23.1 Å². The number of hydrogen-bond acceptors (Lipinski definition) is 6. The van der Waals surface area contributed by atoms with E-state index in [1.807, 2.05) is 13.2 Å². The van der Waals surface area contributed by atoms with E-state index < -0.39 is 11.4 Å². The fourth-order valence-corrected chi connectivity index (χ4v) is 4.63. The van der Waals surface area contributed by atoms with E-state index in [-0.39, 0.29) is 17.6 Å². The second-order valence-electron chi connectivity index (χ2n) is 9.41. The highest BCUT2D eigenvalue weighted by Gasteiger charge is 2.27. The second kappa shape index (κ2) is 8.08. The fourth-order valence-electron chi connectivity index (χ4n) is 4.63. The summed E-state index contributed by atoms with van der Waals surface area (Å²) >= 11 is 0. The lowest BCUT2D eigenvalue weighted by Gasteiger charge is -2.16. The third-order valence-electron chi connectivity index (χ3n) is 6.26. The van der Waals surface area contributed by atoms with E-state index in [4.69, 9.17) is 5.73 Å². The largest absolute Gasteiger partial charge is 0.378 e. The lowest BCUT2D eigenvalue weighted by atomic mass is 10.0. The maximum Gasteiger partial charge on any atom is 0.221 e. The monoisotopic (exact) mass is 461 g/mol. The molecule has 0 spiro atoms. The molecule has 1 saturated heterocycles. The van der Waals surface area contributed by atoms with Gasteiger partial charge in [-0.3, -0.25) is 4.68 Å². The molecule has 1 fully saturated rings. The Morgan fingerprint density at radius 2 is 2.06 bits per heavy atom. The first kappa shape index (κ1) is 22.3. The van der Waals surface area contributed by atoms with Gasteiger partial charge in [-0.15, -0.1) is 0 Å². The second-order valence-corrected chi connectivity index (χ2v) is 9.41. The highest BCUT2D eigenvalue weighted by Crippen LogP contribution is 2.37. The molecule has 0 bridgehead atoms. The fraction of sp³-hybridized carbons (Fsp3) is 0.400. The number of fused-ring (bicyclic) bond motifs is 2. The number of anilines is 1. The summed E-state index contributed by atoms with van der Waals surface area (Å²) in [6.07, 6.45) is 4.80. The van der Waals surface area contributed by atoms with Crippen LogP contribution in [0, 0.1) is 17.7 Å². The summed E-state index contributed by atoms with van der Waals surface area (Å²) in [5.41, 5.74) is 8.48. The molecule has 1 aliphatic rings. The van der Waals surface area contributed by atoms with E-state index in [0.29, 0.717) is 16.7 Å². The Bertz CT molecular complexity index is 1470. The van der Waals surface area contributed by atoms with Crippen molar-refractivity contribution >= 4 is 27.9 Å². The molecule has 1 aromatic carbocycles. The van der Waals surface area contributed by atoms with Crippen LogP contribution >= 0.6 is 0 Å². The van der Waals surface area contributed by atoms with E-state index >= 15 is 4.39 Å². The quantitative estimate of drug-likeness (QED) is 0.455. The van der Waals surface area contributed by atoms with Crippen LogP contribution in [0.5, 0.6) is 0 Å². The number of aryl methyl sites for hydroxylation is 1.